The molecule has 0 aliphatic heterocycles. The minimum absolute atomic E-state index is 0.100. The second-order valence-electron chi connectivity index (χ2n) is 4.55. The summed E-state index contributed by atoms with van der Waals surface area (Å²) in [6.07, 6.45) is 0.100. The molecule has 0 aliphatic carbocycles. The average Bonchev–Trinajstić information content (AvgIpc) is 2.39. The zero-order valence-corrected chi connectivity index (χ0v) is 10.8. The third-order valence-electron chi connectivity index (χ3n) is 2.89. The second-order valence-corrected chi connectivity index (χ2v) is 4.55. The molecule has 2 rings (SSSR count). The van der Waals surface area contributed by atoms with E-state index in [1.165, 1.54) is 0 Å². The standard InChI is InChI=1S/C16H17NO2/c1-12(11-16(18)19)17-15-10-6-5-9-14(15)13-7-3-2-4-8-13/h2-10,12,17H,11H2,1H3,(H,18,19). The van der Waals surface area contributed by atoms with Gasteiger partial charge in [0.1, 0.15) is 0 Å². The summed E-state index contributed by atoms with van der Waals surface area (Å²) in [5.41, 5.74) is 3.16. The largest absolute Gasteiger partial charge is 0.481 e. The Bertz CT molecular complexity index is 552. The first kappa shape index (κ1) is 13.1. The second kappa shape index (κ2) is 6.05. The molecule has 3 nitrogen and oxygen atoms in total. The Morgan fingerprint density at radius 1 is 1.11 bits per heavy atom. The fourth-order valence-electron chi connectivity index (χ4n) is 2.06. The summed E-state index contributed by atoms with van der Waals surface area (Å²) >= 11 is 0. The number of hydrogen-bond acceptors (Lipinski definition) is 2. The molecule has 0 aromatic heterocycles. The van der Waals surface area contributed by atoms with Crippen molar-refractivity contribution in [2.75, 3.05) is 5.32 Å². The lowest BCUT2D eigenvalue weighted by molar-refractivity contribution is -0.137. The summed E-state index contributed by atoms with van der Waals surface area (Å²) in [4.78, 5) is 10.7. The number of rotatable bonds is 5. The van der Waals surface area contributed by atoms with Gasteiger partial charge in [-0.2, -0.15) is 0 Å². The van der Waals surface area contributed by atoms with Crippen molar-refractivity contribution in [2.45, 2.75) is 19.4 Å². The van der Waals surface area contributed by atoms with Crippen LogP contribution in [0.4, 0.5) is 5.69 Å². The van der Waals surface area contributed by atoms with Crippen LogP contribution >= 0.6 is 0 Å². The molecule has 0 bridgehead atoms. The zero-order chi connectivity index (χ0) is 13.7. The molecule has 19 heavy (non-hydrogen) atoms. The predicted octanol–water partition coefficient (Wildman–Crippen LogP) is 3.63. The predicted molar refractivity (Wildman–Crippen MR) is 77.2 cm³/mol. The van der Waals surface area contributed by atoms with Crippen LogP contribution in [-0.4, -0.2) is 17.1 Å². The molecule has 0 fully saturated rings. The van der Waals surface area contributed by atoms with Crippen LogP contribution in [0.2, 0.25) is 0 Å². The zero-order valence-electron chi connectivity index (χ0n) is 10.8. The maximum absolute atomic E-state index is 10.7. The maximum Gasteiger partial charge on any atom is 0.305 e. The number of carboxylic acids is 1. The van der Waals surface area contributed by atoms with Gasteiger partial charge in [0.15, 0.2) is 0 Å². The number of carbonyl (C=O) groups is 1. The summed E-state index contributed by atoms with van der Waals surface area (Å²) in [5, 5.41) is 12.1. The van der Waals surface area contributed by atoms with E-state index in [0.29, 0.717) is 0 Å². The SMILES string of the molecule is CC(CC(=O)O)Nc1ccccc1-c1ccccc1. The van der Waals surface area contributed by atoms with Crippen molar-refractivity contribution in [3.05, 3.63) is 54.6 Å². The van der Waals surface area contributed by atoms with Crippen LogP contribution in [0, 0.1) is 0 Å². The Kier molecular flexibility index (Phi) is 4.18. The van der Waals surface area contributed by atoms with Gasteiger partial charge in [-0.05, 0) is 18.6 Å². The lowest BCUT2D eigenvalue weighted by Crippen LogP contribution is -2.19. The van der Waals surface area contributed by atoms with E-state index in [1.807, 2.05) is 61.5 Å². The molecular formula is C16H17NO2. The molecule has 3 heteroatoms. The van der Waals surface area contributed by atoms with Gasteiger partial charge >= 0.3 is 5.97 Å². The highest BCUT2D eigenvalue weighted by Crippen LogP contribution is 2.28. The molecule has 0 saturated heterocycles. The highest BCUT2D eigenvalue weighted by Gasteiger charge is 2.10. The van der Waals surface area contributed by atoms with Gasteiger partial charge in [0.05, 0.1) is 6.42 Å². The van der Waals surface area contributed by atoms with Crippen molar-refractivity contribution in [3.8, 4) is 11.1 Å². The van der Waals surface area contributed by atoms with Gasteiger partial charge in [0, 0.05) is 17.3 Å². The summed E-state index contributed by atoms with van der Waals surface area (Å²) < 4.78 is 0. The molecule has 1 atom stereocenters. The smallest absolute Gasteiger partial charge is 0.305 e. The molecule has 2 aromatic carbocycles. The maximum atomic E-state index is 10.7. The van der Waals surface area contributed by atoms with Crippen LogP contribution in [0.15, 0.2) is 54.6 Å². The van der Waals surface area contributed by atoms with E-state index in [1.54, 1.807) is 0 Å². The van der Waals surface area contributed by atoms with Gasteiger partial charge in [-0.15, -0.1) is 0 Å². The first-order valence-corrected chi connectivity index (χ1v) is 6.29. The molecule has 0 spiro atoms. The Labute approximate surface area is 112 Å². The number of nitrogens with one attached hydrogen (secondary N) is 1. The average molecular weight is 255 g/mol. The van der Waals surface area contributed by atoms with Crippen LogP contribution < -0.4 is 5.32 Å². The van der Waals surface area contributed by atoms with Crippen molar-refractivity contribution in [1.82, 2.24) is 0 Å². The number of hydrogen-bond donors (Lipinski definition) is 2. The van der Waals surface area contributed by atoms with Gasteiger partial charge < -0.3 is 10.4 Å². The molecule has 0 radical (unpaired) electrons. The minimum Gasteiger partial charge on any atom is -0.481 e. The molecule has 2 N–H and O–H groups in total. The van der Waals surface area contributed by atoms with E-state index in [4.69, 9.17) is 5.11 Å². The van der Waals surface area contributed by atoms with Crippen molar-refractivity contribution in [3.63, 3.8) is 0 Å². The summed E-state index contributed by atoms with van der Waals surface area (Å²) in [7, 11) is 0. The Hall–Kier alpha value is -2.29. The first-order valence-electron chi connectivity index (χ1n) is 6.29. The topological polar surface area (TPSA) is 49.3 Å². The molecule has 1 unspecified atom stereocenters. The molecular weight excluding hydrogens is 238 g/mol. The van der Waals surface area contributed by atoms with E-state index in [0.717, 1.165) is 16.8 Å². The summed E-state index contributed by atoms with van der Waals surface area (Å²) in [6, 6.07) is 17.9. The molecule has 0 amide bonds. The molecule has 0 heterocycles. The minimum atomic E-state index is -0.794. The molecule has 98 valence electrons. The highest BCUT2D eigenvalue weighted by atomic mass is 16.4. The summed E-state index contributed by atoms with van der Waals surface area (Å²) in [6.45, 7) is 1.87. The van der Waals surface area contributed by atoms with Gasteiger partial charge in [-0.25, -0.2) is 0 Å². The van der Waals surface area contributed by atoms with E-state index in [2.05, 4.69) is 5.32 Å². The lowest BCUT2D eigenvalue weighted by Gasteiger charge is -2.16. The van der Waals surface area contributed by atoms with Crippen molar-refractivity contribution in [1.29, 1.82) is 0 Å². The van der Waals surface area contributed by atoms with E-state index >= 15 is 0 Å². The third-order valence-corrected chi connectivity index (χ3v) is 2.89. The summed E-state index contributed by atoms with van der Waals surface area (Å²) in [5.74, 6) is -0.794. The highest BCUT2D eigenvalue weighted by molar-refractivity contribution is 5.78. The van der Waals surface area contributed by atoms with Crippen LogP contribution in [0.1, 0.15) is 13.3 Å². The third kappa shape index (κ3) is 3.58. The number of carboxylic acid groups (broad SMARTS) is 1. The first-order chi connectivity index (χ1) is 9.16. The van der Waals surface area contributed by atoms with E-state index < -0.39 is 5.97 Å². The van der Waals surface area contributed by atoms with Gasteiger partial charge in [-0.3, -0.25) is 4.79 Å². The number of aliphatic carboxylic acids is 1. The molecule has 2 aromatic rings. The molecule has 0 aliphatic rings. The number of anilines is 1. The van der Waals surface area contributed by atoms with E-state index in [-0.39, 0.29) is 12.5 Å². The number of benzene rings is 2. The Morgan fingerprint density at radius 3 is 2.42 bits per heavy atom. The fraction of sp³-hybridized carbons (Fsp3) is 0.188. The van der Waals surface area contributed by atoms with Crippen molar-refractivity contribution in [2.24, 2.45) is 0 Å². The van der Waals surface area contributed by atoms with Gasteiger partial charge in [-0.1, -0.05) is 48.5 Å². The number of para-hydroxylation sites is 1. The van der Waals surface area contributed by atoms with E-state index in [9.17, 15) is 4.79 Å². The monoisotopic (exact) mass is 255 g/mol. The molecule has 0 saturated carbocycles. The fourth-order valence-corrected chi connectivity index (χ4v) is 2.06. The quantitative estimate of drug-likeness (QED) is 0.857. The lowest BCUT2D eigenvalue weighted by atomic mass is 10.0. The van der Waals surface area contributed by atoms with Gasteiger partial charge in [0.2, 0.25) is 0 Å². The van der Waals surface area contributed by atoms with Crippen LogP contribution in [0.3, 0.4) is 0 Å². The Morgan fingerprint density at radius 2 is 1.74 bits per heavy atom. The van der Waals surface area contributed by atoms with Crippen LogP contribution in [0.5, 0.6) is 0 Å². The van der Waals surface area contributed by atoms with Crippen molar-refractivity contribution >= 4 is 11.7 Å². The normalized spacial score (nSPS) is 11.8. The van der Waals surface area contributed by atoms with Crippen LogP contribution in [-0.2, 0) is 4.79 Å². The Balaban J connectivity index is 2.24. The van der Waals surface area contributed by atoms with Crippen LogP contribution in [0.25, 0.3) is 11.1 Å². The van der Waals surface area contributed by atoms with Crippen molar-refractivity contribution < 1.29 is 9.90 Å². The van der Waals surface area contributed by atoms with Gasteiger partial charge in [0.25, 0.3) is 0 Å².